The number of hydrogen-bond donors (Lipinski definition) is 3. The van der Waals surface area contributed by atoms with Crippen molar-refractivity contribution >= 4 is 50.6 Å². The van der Waals surface area contributed by atoms with Gasteiger partial charge in [0, 0.05) is 47.7 Å². The van der Waals surface area contributed by atoms with Crippen LogP contribution in [0.3, 0.4) is 0 Å². The number of nitrogens with two attached hydrogens (primary N) is 1. The molecule has 0 spiro atoms. The molecule has 1 aliphatic carbocycles. The summed E-state index contributed by atoms with van der Waals surface area (Å²) in [5, 5.41) is 14.9. The fourth-order valence-electron chi connectivity index (χ4n) is 3.44. The molecule has 7 heteroatoms. The van der Waals surface area contributed by atoms with Gasteiger partial charge >= 0.3 is 0 Å². The van der Waals surface area contributed by atoms with Crippen molar-refractivity contribution in [2.75, 3.05) is 24.2 Å². The molecule has 200 valence electrons. The molecule has 0 aromatic carbocycles. The number of aromatic nitrogens is 1. The molecule has 2 aliphatic rings. The van der Waals surface area contributed by atoms with Crippen molar-refractivity contribution in [3.63, 3.8) is 0 Å². The van der Waals surface area contributed by atoms with Crippen molar-refractivity contribution in [1.82, 2.24) is 4.98 Å². The van der Waals surface area contributed by atoms with Gasteiger partial charge in [0.25, 0.3) is 0 Å². The number of nitrogens with zero attached hydrogens (tertiary/aromatic N) is 1. The van der Waals surface area contributed by atoms with E-state index >= 15 is 0 Å². The summed E-state index contributed by atoms with van der Waals surface area (Å²) < 4.78 is 1.10. The van der Waals surface area contributed by atoms with Crippen LogP contribution < -0.4 is 11.1 Å². The van der Waals surface area contributed by atoms with Gasteiger partial charge in [0.1, 0.15) is 10.7 Å². The third kappa shape index (κ3) is 11.7. The Balaban J connectivity index is 0.000000496. The Bertz CT molecular complexity index is 1010. The quantitative estimate of drug-likeness (QED) is 0.146. The maximum absolute atomic E-state index is 8.81. The summed E-state index contributed by atoms with van der Waals surface area (Å²) in [6, 6.07) is 2.34. The Kier molecular flexibility index (Phi) is 17.7. The molecule has 0 amide bonds. The molecule has 1 aliphatic heterocycles. The summed E-state index contributed by atoms with van der Waals surface area (Å²) in [5.74, 6) is 8.18. The van der Waals surface area contributed by atoms with E-state index in [1.54, 1.807) is 11.3 Å². The van der Waals surface area contributed by atoms with Crippen LogP contribution in [-0.4, -0.2) is 35.0 Å². The number of pyridine rings is 1. The Morgan fingerprint density at radius 2 is 2.00 bits per heavy atom. The summed E-state index contributed by atoms with van der Waals surface area (Å²) in [7, 11) is 0. The largest absolute Gasteiger partial charge is 0.396 e. The fourth-order valence-corrected chi connectivity index (χ4v) is 5.64. The van der Waals surface area contributed by atoms with Gasteiger partial charge < -0.3 is 16.2 Å². The number of unbranched alkanes of at least 4 members (excludes halogenated alkanes) is 2. The zero-order valence-corrected chi connectivity index (χ0v) is 25.0. The topological polar surface area (TPSA) is 71.2 Å². The van der Waals surface area contributed by atoms with Crippen LogP contribution in [0.1, 0.15) is 78.7 Å². The molecule has 4 nitrogen and oxygen atoms in total. The number of aliphatic hydroxyl groups excluding tert-OH is 1. The van der Waals surface area contributed by atoms with E-state index in [-0.39, 0.29) is 6.61 Å². The molecular formula is C29H44ClN3OS2. The molecule has 0 fully saturated rings. The van der Waals surface area contributed by atoms with Crippen molar-refractivity contribution in [2.24, 2.45) is 11.7 Å². The van der Waals surface area contributed by atoms with E-state index in [0.717, 1.165) is 53.7 Å². The van der Waals surface area contributed by atoms with Crippen LogP contribution >= 0.6 is 34.7 Å². The predicted octanol–water partition coefficient (Wildman–Crippen LogP) is 8.25. The van der Waals surface area contributed by atoms with Crippen LogP contribution in [0.2, 0.25) is 5.15 Å². The van der Waals surface area contributed by atoms with Gasteiger partial charge in [0.2, 0.25) is 0 Å². The van der Waals surface area contributed by atoms with Crippen LogP contribution in [0, 0.1) is 17.8 Å². The first-order valence-corrected chi connectivity index (χ1v) is 15.5. The maximum Gasteiger partial charge on any atom is 0.131 e. The average molecular weight is 550 g/mol. The number of anilines is 1. The lowest BCUT2D eigenvalue weighted by Gasteiger charge is -2.09. The summed E-state index contributed by atoms with van der Waals surface area (Å²) in [5.41, 5.74) is 8.41. The second kappa shape index (κ2) is 19.6. The standard InChI is InChI=1S/C19H21ClN2OS2.C6H11N.2C2H6/c1-13-8-15(24-11-13)10-21-16-9-17(20)22-18-14(12-25-19(16)18)6-4-2-3-5-7-23;7-6-4-2-1-3-5-6;2*1-2/h8-9,12-13,23H,2-3,5,7,10-11H2,1H3,(H,21,22);1-2,6H,3-5,7H2;2*1-2H3. The fraction of sp³-hybridized carbons (Fsp3) is 0.552. The van der Waals surface area contributed by atoms with Crippen LogP contribution in [0.15, 0.2) is 34.6 Å². The zero-order valence-electron chi connectivity index (χ0n) is 22.6. The molecule has 36 heavy (non-hydrogen) atoms. The highest BCUT2D eigenvalue weighted by Crippen LogP contribution is 2.34. The zero-order chi connectivity index (χ0) is 26.8. The molecule has 0 radical (unpaired) electrons. The molecule has 2 aromatic rings. The third-order valence-electron chi connectivity index (χ3n) is 5.19. The van der Waals surface area contributed by atoms with Gasteiger partial charge in [-0.05, 0) is 38.0 Å². The van der Waals surface area contributed by atoms with E-state index in [1.807, 2.05) is 50.9 Å². The molecule has 2 aromatic heterocycles. The highest BCUT2D eigenvalue weighted by molar-refractivity contribution is 8.03. The Morgan fingerprint density at radius 1 is 1.22 bits per heavy atom. The van der Waals surface area contributed by atoms with E-state index in [9.17, 15) is 0 Å². The summed E-state index contributed by atoms with van der Waals surface area (Å²) >= 11 is 9.80. The first-order chi connectivity index (χ1) is 17.6. The van der Waals surface area contributed by atoms with Crippen LogP contribution in [0.25, 0.3) is 10.2 Å². The minimum atomic E-state index is 0.225. The number of thiophene rings is 1. The predicted molar refractivity (Wildman–Crippen MR) is 164 cm³/mol. The van der Waals surface area contributed by atoms with E-state index in [1.165, 1.54) is 23.5 Å². The number of aliphatic hydroxyl groups is 1. The van der Waals surface area contributed by atoms with Crippen molar-refractivity contribution in [2.45, 2.75) is 79.2 Å². The van der Waals surface area contributed by atoms with Crippen LogP contribution in [-0.2, 0) is 0 Å². The van der Waals surface area contributed by atoms with Crippen molar-refractivity contribution < 1.29 is 5.11 Å². The molecule has 4 N–H and O–H groups in total. The van der Waals surface area contributed by atoms with Crippen molar-refractivity contribution in [1.29, 1.82) is 0 Å². The van der Waals surface area contributed by atoms with Crippen molar-refractivity contribution in [3.8, 4) is 11.8 Å². The third-order valence-corrected chi connectivity index (χ3v) is 7.73. The van der Waals surface area contributed by atoms with Gasteiger partial charge in [0.05, 0.1) is 16.0 Å². The first-order valence-electron chi connectivity index (χ1n) is 13.2. The lowest BCUT2D eigenvalue weighted by molar-refractivity contribution is 0.285. The average Bonchev–Trinajstić information content (AvgIpc) is 3.51. The van der Waals surface area contributed by atoms with Crippen LogP contribution in [0.4, 0.5) is 5.69 Å². The smallest absolute Gasteiger partial charge is 0.131 e. The number of halogens is 1. The Hall–Kier alpha value is -1.49. The molecule has 2 unspecified atom stereocenters. The van der Waals surface area contributed by atoms with Gasteiger partial charge in [-0.25, -0.2) is 4.98 Å². The molecular weight excluding hydrogens is 506 g/mol. The van der Waals surface area contributed by atoms with Gasteiger partial charge in [0.15, 0.2) is 0 Å². The molecule has 2 atom stereocenters. The summed E-state index contributed by atoms with van der Waals surface area (Å²) in [6.07, 6.45) is 12.6. The molecule has 3 heterocycles. The highest BCUT2D eigenvalue weighted by atomic mass is 35.5. The van der Waals surface area contributed by atoms with Gasteiger partial charge in [-0.3, -0.25) is 0 Å². The molecule has 0 saturated carbocycles. The number of hydrogen-bond acceptors (Lipinski definition) is 6. The van der Waals surface area contributed by atoms with E-state index < -0.39 is 0 Å². The highest BCUT2D eigenvalue weighted by Gasteiger charge is 2.14. The normalized spacial score (nSPS) is 17.8. The second-order valence-corrected chi connectivity index (χ2v) is 10.5. The SMILES string of the molecule is CC.CC.CC1C=C(CNc2cc(Cl)nc3c(C#CCCCCO)csc23)SC1.NC1CC=CCC1. The van der Waals surface area contributed by atoms with E-state index in [0.29, 0.717) is 17.1 Å². The van der Waals surface area contributed by atoms with Gasteiger partial charge in [-0.15, -0.1) is 23.1 Å². The van der Waals surface area contributed by atoms with E-state index in [2.05, 4.69) is 47.3 Å². The monoisotopic (exact) mass is 549 g/mol. The minimum Gasteiger partial charge on any atom is -0.396 e. The van der Waals surface area contributed by atoms with Gasteiger partial charge in [-0.2, -0.15) is 0 Å². The molecule has 0 saturated heterocycles. The van der Waals surface area contributed by atoms with Crippen LogP contribution in [0.5, 0.6) is 0 Å². The molecule has 4 rings (SSSR count). The van der Waals surface area contributed by atoms with E-state index in [4.69, 9.17) is 22.4 Å². The minimum absolute atomic E-state index is 0.225. The van der Waals surface area contributed by atoms with Crippen molar-refractivity contribution in [3.05, 3.63) is 45.3 Å². The van der Waals surface area contributed by atoms with Gasteiger partial charge in [-0.1, -0.05) is 76.3 Å². The lowest BCUT2D eigenvalue weighted by atomic mass is 10.0. The number of allylic oxidation sites excluding steroid dienone is 2. The summed E-state index contributed by atoms with van der Waals surface area (Å²) in [4.78, 5) is 5.86. The Labute approximate surface area is 232 Å². The number of thioether (sulfide) groups is 1. The number of rotatable bonds is 6. The maximum atomic E-state index is 8.81. The number of nitrogens with one attached hydrogen (secondary N) is 1. The lowest BCUT2D eigenvalue weighted by Crippen LogP contribution is -2.19. The molecule has 0 bridgehead atoms. The Morgan fingerprint density at radius 3 is 2.58 bits per heavy atom. The second-order valence-electron chi connectivity index (χ2n) is 8.12. The first kappa shape index (κ1) is 32.5. The number of fused-ring (bicyclic) bond motifs is 1. The summed E-state index contributed by atoms with van der Waals surface area (Å²) in [6.45, 7) is 11.3.